The van der Waals surface area contributed by atoms with Crippen LogP contribution in [-0.4, -0.2) is 15.0 Å². The highest BCUT2D eigenvalue weighted by molar-refractivity contribution is 6.22. The number of fused-ring (bicyclic) bond motifs is 6. The van der Waals surface area contributed by atoms with E-state index in [2.05, 4.69) is 188 Å². The van der Waals surface area contributed by atoms with Gasteiger partial charge in [0.2, 0.25) is 0 Å². The zero-order valence-electron chi connectivity index (χ0n) is 39.3. The number of aromatic nitrogens is 3. The summed E-state index contributed by atoms with van der Waals surface area (Å²) in [4.78, 5) is 15.1. The van der Waals surface area contributed by atoms with Crippen LogP contribution in [0.3, 0.4) is 0 Å². The zero-order valence-corrected chi connectivity index (χ0v) is 39.3. The van der Waals surface area contributed by atoms with Crippen molar-refractivity contribution in [3.63, 3.8) is 0 Å². The first kappa shape index (κ1) is 41.9. The van der Waals surface area contributed by atoms with Gasteiger partial charge in [-0.25, -0.2) is 15.0 Å². The maximum absolute atomic E-state index is 9.53. The number of hydrogen-bond acceptors (Lipinski definition) is 5. The van der Waals surface area contributed by atoms with Gasteiger partial charge in [-0.15, -0.1) is 0 Å². The molecule has 0 aliphatic heterocycles. The molecule has 2 aromatic heterocycles. The highest BCUT2D eigenvalue weighted by Crippen LogP contribution is 2.52. The average Bonchev–Trinajstić information content (AvgIpc) is 4.01. The Hall–Kier alpha value is -10.0. The second-order valence-corrected chi connectivity index (χ2v) is 18.6. The molecule has 0 radical (unpaired) electrons. The topological polar surface area (TPSA) is 75.6 Å². The number of rotatable bonds is 8. The lowest BCUT2D eigenvalue weighted by atomic mass is 9.88. The number of nitrogens with zero attached hydrogens (tertiary/aromatic N) is 4. The van der Waals surface area contributed by atoms with Crippen LogP contribution >= 0.6 is 0 Å². The molecular formula is C68H40N4O. The molecule has 0 atom stereocenters. The van der Waals surface area contributed by atoms with Crippen molar-refractivity contribution in [2.24, 2.45) is 0 Å². The van der Waals surface area contributed by atoms with Gasteiger partial charge in [0.25, 0.3) is 0 Å². The van der Waals surface area contributed by atoms with Crippen LogP contribution in [0, 0.1) is 11.3 Å². The monoisotopic (exact) mass is 928 g/mol. The first-order valence-corrected chi connectivity index (χ1v) is 24.5. The van der Waals surface area contributed by atoms with Crippen molar-refractivity contribution in [2.45, 2.75) is 0 Å². The van der Waals surface area contributed by atoms with E-state index in [-0.39, 0.29) is 0 Å². The lowest BCUT2D eigenvalue weighted by molar-refractivity contribution is 0.669. The SMILES string of the molecule is N#Cc1ccc(-c2ccc3c4c(ccc(-c5ccc(-c6ccc(-c7ccc(-c8nc(-c9ccccc9)nc(-c9ccc(-c%10ccc%11oc%12ccccc%12c%11c%10)cc9)n8)cc7)cc6)cc5)c24)-c2ccccc2-3)cc1. The molecule has 14 rings (SSSR count). The number of para-hydroxylation sites is 1. The molecule has 2 heterocycles. The van der Waals surface area contributed by atoms with E-state index in [1.807, 2.05) is 60.7 Å². The lowest BCUT2D eigenvalue weighted by Gasteiger charge is -2.15. The minimum absolute atomic E-state index is 0.614. The summed E-state index contributed by atoms with van der Waals surface area (Å²) in [6, 6.07) is 87.2. The van der Waals surface area contributed by atoms with Crippen molar-refractivity contribution in [3.05, 3.63) is 248 Å². The van der Waals surface area contributed by atoms with E-state index in [4.69, 9.17) is 19.4 Å². The van der Waals surface area contributed by atoms with Gasteiger partial charge in [-0.1, -0.05) is 212 Å². The van der Waals surface area contributed by atoms with Crippen molar-refractivity contribution in [2.75, 3.05) is 0 Å². The summed E-state index contributed by atoms with van der Waals surface area (Å²) < 4.78 is 6.09. The second kappa shape index (κ2) is 17.1. The number of nitriles is 1. The third-order valence-electron chi connectivity index (χ3n) is 14.4. The minimum Gasteiger partial charge on any atom is -0.456 e. The summed E-state index contributed by atoms with van der Waals surface area (Å²) in [5.41, 5.74) is 21.6. The summed E-state index contributed by atoms with van der Waals surface area (Å²) >= 11 is 0. The summed E-state index contributed by atoms with van der Waals surface area (Å²) in [6.07, 6.45) is 0. The van der Waals surface area contributed by atoms with E-state index in [0.717, 1.165) is 88.7 Å². The fourth-order valence-electron chi connectivity index (χ4n) is 10.7. The van der Waals surface area contributed by atoms with Crippen LogP contribution in [0.1, 0.15) is 5.56 Å². The van der Waals surface area contributed by atoms with Gasteiger partial charge >= 0.3 is 0 Å². The molecule has 0 saturated heterocycles. The molecule has 73 heavy (non-hydrogen) atoms. The molecule has 0 amide bonds. The fraction of sp³-hybridized carbons (Fsp3) is 0. The van der Waals surface area contributed by atoms with Crippen molar-refractivity contribution >= 4 is 32.7 Å². The van der Waals surface area contributed by atoms with Crippen LogP contribution in [0.2, 0.25) is 0 Å². The van der Waals surface area contributed by atoms with Crippen LogP contribution in [0.25, 0.3) is 145 Å². The van der Waals surface area contributed by atoms with Crippen molar-refractivity contribution in [1.82, 2.24) is 15.0 Å². The third-order valence-corrected chi connectivity index (χ3v) is 14.4. The molecular weight excluding hydrogens is 889 g/mol. The molecule has 1 aliphatic rings. The second-order valence-electron chi connectivity index (χ2n) is 18.6. The zero-order chi connectivity index (χ0) is 48.4. The smallest absolute Gasteiger partial charge is 0.164 e. The van der Waals surface area contributed by atoms with Gasteiger partial charge in [-0.05, 0) is 119 Å². The van der Waals surface area contributed by atoms with Gasteiger partial charge in [-0.2, -0.15) is 5.26 Å². The van der Waals surface area contributed by atoms with Crippen LogP contribution in [0.4, 0.5) is 0 Å². The Morgan fingerprint density at radius 1 is 0.274 bits per heavy atom. The van der Waals surface area contributed by atoms with Crippen molar-refractivity contribution < 1.29 is 4.42 Å². The molecule has 0 saturated carbocycles. The van der Waals surface area contributed by atoms with E-state index in [1.54, 1.807) is 0 Å². The summed E-state index contributed by atoms with van der Waals surface area (Å²) in [7, 11) is 0. The van der Waals surface area contributed by atoms with Gasteiger partial charge in [-0.3, -0.25) is 0 Å². The minimum atomic E-state index is 0.614. The predicted molar refractivity (Wildman–Crippen MR) is 297 cm³/mol. The summed E-state index contributed by atoms with van der Waals surface area (Å²) in [5.74, 6) is 1.85. The van der Waals surface area contributed by atoms with Crippen LogP contribution in [0.5, 0.6) is 0 Å². The highest BCUT2D eigenvalue weighted by Gasteiger charge is 2.25. The molecule has 11 aromatic carbocycles. The first-order valence-electron chi connectivity index (χ1n) is 24.5. The number of hydrogen-bond donors (Lipinski definition) is 0. The molecule has 13 aromatic rings. The molecule has 5 heteroatoms. The molecule has 0 fully saturated rings. The fourth-order valence-corrected chi connectivity index (χ4v) is 10.7. The summed E-state index contributed by atoms with van der Waals surface area (Å²) in [6.45, 7) is 0. The first-order chi connectivity index (χ1) is 36.1. The van der Waals surface area contributed by atoms with E-state index in [9.17, 15) is 5.26 Å². The Morgan fingerprint density at radius 3 is 1.16 bits per heavy atom. The van der Waals surface area contributed by atoms with E-state index >= 15 is 0 Å². The van der Waals surface area contributed by atoms with E-state index in [0.29, 0.717) is 23.0 Å². The van der Waals surface area contributed by atoms with E-state index < -0.39 is 0 Å². The van der Waals surface area contributed by atoms with E-state index in [1.165, 1.54) is 38.6 Å². The predicted octanol–water partition coefficient (Wildman–Crippen LogP) is 17.8. The van der Waals surface area contributed by atoms with Gasteiger partial charge in [0.1, 0.15) is 11.2 Å². The average molecular weight is 929 g/mol. The molecule has 0 spiro atoms. The Kier molecular flexibility index (Phi) is 9.84. The van der Waals surface area contributed by atoms with Crippen molar-refractivity contribution in [1.29, 1.82) is 5.26 Å². The highest BCUT2D eigenvalue weighted by atomic mass is 16.3. The Balaban J connectivity index is 0.742. The standard InChI is InChI=1S/C68H40N4O/c69-41-42-14-16-48(17-15-42)54-35-37-59-56-10-4-5-11-57(56)60-38-36-55(64(54)65(59)60)49-28-22-45(23-29-49)43-18-20-44(21-19-43)46-24-30-51(31-25-46)67-70-66(50-8-2-1-3-9-50)71-68(72-67)52-32-26-47(27-33-52)53-34-39-63-61(40-53)58-12-6-7-13-62(58)73-63/h1-40H. The lowest BCUT2D eigenvalue weighted by Crippen LogP contribution is -2.00. The Bertz CT molecular complexity index is 4290. The summed E-state index contributed by atoms with van der Waals surface area (Å²) in [5, 5.41) is 14.2. The molecule has 338 valence electrons. The molecule has 1 aliphatic carbocycles. The number of benzene rings is 11. The molecule has 0 unspecified atom stereocenters. The maximum atomic E-state index is 9.53. The molecule has 0 bridgehead atoms. The van der Waals surface area contributed by atoms with Crippen LogP contribution < -0.4 is 0 Å². The van der Waals surface area contributed by atoms with Gasteiger partial charge in [0.15, 0.2) is 17.5 Å². The van der Waals surface area contributed by atoms with Gasteiger partial charge in [0.05, 0.1) is 11.6 Å². The maximum Gasteiger partial charge on any atom is 0.164 e. The van der Waals surface area contributed by atoms with Gasteiger partial charge in [0, 0.05) is 27.5 Å². The third kappa shape index (κ3) is 7.28. The normalized spacial score (nSPS) is 11.5. The Morgan fingerprint density at radius 2 is 0.644 bits per heavy atom. The molecule has 0 N–H and O–H groups in total. The Labute approximate surface area is 421 Å². The van der Waals surface area contributed by atoms with Gasteiger partial charge < -0.3 is 4.42 Å². The van der Waals surface area contributed by atoms with Crippen LogP contribution in [-0.2, 0) is 0 Å². The number of furan rings is 1. The largest absolute Gasteiger partial charge is 0.456 e. The molecule has 5 nitrogen and oxygen atoms in total. The van der Waals surface area contributed by atoms with Crippen molar-refractivity contribution in [3.8, 4) is 118 Å². The van der Waals surface area contributed by atoms with Crippen LogP contribution in [0.15, 0.2) is 247 Å². The quantitative estimate of drug-likeness (QED) is 0.152.